The second kappa shape index (κ2) is 6.89. The zero-order valence-electron chi connectivity index (χ0n) is 15.8. The Bertz CT molecular complexity index is 580. The van der Waals surface area contributed by atoms with Crippen molar-refractivity contribution in [3.8, 4) is 0 Å². The highest BCUT2D eigenvalue weighted by molar-refractivity contribution is 5.92. The van der Waals surface area contributed by atoms with Crippen molar-refractivity contribution in [2.75, 3.05) is 0 Å². The molecule has 1 amide bonds. The van der Waals surface area contributed by atoms with Gasteiger partial charge < -0.3 is 5.32 Å². The molecule has 2 atom stereocenters. The summed E-state index contributed by atoms with van der Waals surface area (Å²) in [5.74, 6) is 1.27. The minimum atomic E-state index is -0.0759. The maximum atomic E-state index is 12.8. The molecule has 1 aromatic heterocycles. The van der Waals surface area contributed by atoms with Crippen LogP contribution in [0, 0.1) is 5.92 Å². The van der Waals surface area contributed by atoms with Gasteiger partial charge in [-0.25, -0.2) is 0 Å². The van der Waals surface area contributed by atoms with Gasteiger partial charge in [0.05, 0.1) is 5.54 Å². The van der Waals surface area contributed by atoms with Crippen molar-refractivity contribution in [1.82, 2.24) is 15.1 Å². The van der Waals surface area contributed by atoms with Crippen LogP contribution in [0.2, 0.25) is 0 Å². The maximum Gasteiger partial charge on any atom is 0.272 e. The van der Waals surface area contributed by atoms with Gasteiger partial charge in [-0.05, 0) is 64.9 Å². The molecule has 2 fully saturated rings. The van der Waals surface area contributed by atoms with E-state index in [-0.39, 0.29) is 11.4 Å². The first-order valence-electron chi connectivity index (χ1n) is 9.81. The number of rotatable bonds is 6. The van der Waals surface area contributed by atoms with Crippen molar-refractivity contribution in [3.05, 3.63) is 17.5 Å². The van der Waals surface area contributed by atoms with E-state index in [1.165, 1.54) is 50.6 Å². The number of nitrogens with one attached hydrogen (secondary N) is 1. The third kappa shape index (κ3) is 3.84. The van der Waals surface area contributed by atoms with Crippen molar-refractivity contribution >= 4 is 5.91 Å². The van der Waals surface area contributed by atoms with Crippen LogP contribution in [0.4, 0.5) is 0 Å². The number of carbonyl (C=O) groups is 1. The van der Waals surface area contributed by atoms with Crippen LogP contribution in [0.15, 0.2) is 6.07 Å². The molecule has 0 aromatic carbocycles. The van der Waals surface area contributed by atoms with Crippen molar-refractivity contribution in [2.45, 2.75) is 96.6 Å². The molecule has 0 bridgehead atoms. The lowest BCUT2D eigenvalue weighted by atomic mass is 9.96. The van der Waals surface area contributed by atoms with Crippen molar-refractivity contribution in [3.63, 3.8) is 0 Å². The molecule has 134 valence electrons. The molecule has 3 rings (SSSR count). The first kappa shape index (κ1) is 17.5. The summed E-state index contributed by atoms with van der Waals surface area (Å²) in [6.07, 6.45) is 9.81. The fourth-order valence-corrected chi connectivity index (χ4v) is 3.99. The standard InChI is InChI=1S/C20H33N3O/c1-5-6-8-14-9-7-10-16(14)21-19(24)17-13-18(15-11-12-15)23(22-17)20(2,3)4/h13-16H,5-12H2,1-4H3,(H,21,24). The van der Waals surface area contributed by atoms with Crippen molar-refractivity contribution in [1.29, 1.82) is 0 Å². The van der Waals surface area contributed by atoms with E-state index < -0.39 is 0 Å². The summed E-state index contributed by atoms with van der Waals surface area (Å²) in [6.45, 7) is 8.71. The largest absolute Gasteiger partial charge is 0.348 e. The second-order valence-electron chi connectivity index (χ2n) is 8.72. The Morgan fingerprint density at radius 1 is 1.29 bits per heavy atom. The monoisotopic (exact) mass is 331 g/mol. The Labute approximate surface area is 146 Å². The predicted molar refractivity (Wildman–Crippen MR) is 97.3 cm³/mol. The summed E-state index contributed by atoms with van der Waals surface area (Å²) in [5, 5.41) is 7.97. The van der Waals surface area contributed by atoms with Crippen LogP contribution in [0.25, 0.3) is 0 Å². The van der Waals surface area contributed by atoms with E-state index in [1.807, 2.05) is 6.07 Å². The fourth-order valence-electron chi connectivity index (χ4n) is 3.99. The van der Waals surface area contributed by atoms with E-state index in [2.05, 4.69) is 42.8 Å². The third-order valence-electron chi connectivity index (χ3n) is 5.50. The highest BCUT2D eigenvalue weighted by Gasteiger charge is 2.34. The maximum absolute atomic E-state index is 12.8. The molecule has 0 saturated heterocycles. The van der Waals surface area contributed by atoms with E-state index in [9.17, 15) is 4.79 Å². The molecule has 1 heterocycles. The Balaban J connectivity index is 1.71. The minimum absolute atomic E-state index is 0.0216. The molecular formula is C20H33N3O. The minimum Gasteiger partial charge on any atom is -0.348 e. The van der Waals surface area contributed by atoms with Crippen LogP contribution >= 0.6 is 0 Å². The predicted octanol–water partition coefficient (Wildman–Crippen LogP) is 4.60. The second-order valence-corrected chi connectivity index (χ2v) is 8.72. The third-order valence-corrected chi connectivity index (χ3v) is 5.50. The molecule has 2 unspecified atom stereocenters. The summed E-state index contributed by atoms with van der Waals surface area (Å²) in [5.41, 5.74) is 1.77. The van der Waals surface area contributed by atoms with Gasteiger partial charge in [-0.3, -0.25) is 9.48 Å². The topological polar surface area (TPSA) is 46.9 Å². The molecular weight excluding hydrogens is 298 g/mol. The highest BCUT2D eigenvalue weighted by atomic mass is 16.2. The average molecular weight is 332 g/mol. The number of unbranched alkanes of at least 4 members (excludes halogenated alkanes) is 1. The number of aromatic nitrogens is 2. The first-order chi connectivity index (χ1) is 11.4. The summed E-state index contributed by atoms with van der Waals surface area (Å²) in [6, 6.07) is 2.38. The van der Waals surface area contributed by atoms with Gasteiger partial charge in [0, 0.05) is 17.7 Å². The van der Waals surface area contributed by atoms with Gasteiger partial charge in [0.1, 0.15) is 5.69 Å². The van der Waals surface area contributed by atoms with Gasteiger partial charge >= 0.3 is 0 Å². The summed E-state index contributed by atoms with van der Waals surface area (Å²) in [4.78, 5) is 12.8. The number of hydrogen-bond acceptors (Lipinski definition) is 2. The SMILES string of the molecule is CCCCC1CCCC1NC(=O)c1cc(C2CC2)n(C(C)(C)C)n1. The molecule has 1 N–H and O–H groups in total. The zero-order valence-corrected chi connectivity index (χ0v) is 15.8. The van der Waals surface area contributed by atoms with E-state index in [0.717, 1.165) is 6.42 Å². The molecule has 0 aliphatic heterocycles. The highest BCUT2D eigenvalue weighted by Crippen LogP contribution is 2.41. The molecule has 4 heteroatoms. The van der Waals surface area contributed by atoms with Crippen LogP contribution in [-0.4, -0.2) is 21.7 Å². The lowest BCUT2D eigenvalue weighted by Gasteiger charge is -2.22. The fraction of sp³-hybridized carbons (Fsp3) is 0.800. The smallest absolute Gasteiger partial charge is 0.272 e. The summed E-state index contributed by atoms with van der Waals surface area (Å²) >= 11 is 0. The average Bonchev–Trinajstić information content (AvgIpc) is 3.09. The normalized spacial score (nSPS) is 24.3. The van der Waals surface area contributed by atoms with E-state index in [0.29, 0.717) is 23.6 Å². The number of carbonyl (C=O) groups excluding carboxylic acids is 1. The van der Waals surface area contributed by atoms with Crippen molar-refractivity contribution in [2.24, 2.45) is 5.92 Å². The van der Waals surface area contributed by atoms with Gasteiger partial charge in [-0.2, -0.15) is 5.10 Å². The lowest BCUT2D eigenvalue weighted by Crippen LogP contribution is -2.37. The van der Waals surface area contributed by atoms with Gasteiger partial charge in [0.15, 0.2) is 0 Å². The van der Waals surface area contributed by atoms with Crippen LogP contribution in [0.5, 0.6) is 0 Å². The molecule has 2 saturated carbocycles. The molecule has 2 aliphatic rings. The van der Waals surface area contributed by atoms with E-state index in [1.54, 1.807) is 0 Å². The summed E-state index contributed by atoms with van der Waals surface area (Å²) < 4.78 is 2.07. The van der Waals surface area contributed by atoms with Gasteiger partial charge in [0.2, 0.25) is 0 Å². The molecule has 1 aromatic rings. The Hall–Kier alpha value is -1.32. The Kier molecular flexibility index (Phi) is 5.03. The van der Waals surface area contributed by atoms with Gasteiger partial charge in [-0.15, -0.1) is 0 Å². The lowest BCUT2D eigenvalue weighted by molar-refractivity contribution is 0.0919. The number of nitrogens with zero attached hydrogens (tertiary/aromatic N) is 2. The quantitative estimate of drug-likeness (QED) is 0.828. The number of hydrogen-bond donors (Lipinski definition) is 1. The van der Waals surface area contributed by atoms with Crippen LogP contribution in [0.3, 0.4) is 0 Å². The van der Waals surface area contributed by atoms with E-state index in [4.69, 9.17) is 0 Å². The Morgan fingerprint density at radius 3 is 2.67 bits per heavy atom. The number of amides is 1. The molecule has 0 radical (unpaired) electrons. The van der Waals surface area contributed by atoms with E-state index >= 15 is 0 Å². The van der Waals surface area contributed by atoms with Crippen LogP contribution < -0.4 is 5.32 Å². The van der Waals surface area contributed by atoms with Crippen LogP contribution in [-0.2, 0) is 5.54 Å². The summed E-state index contributed by atoms with van der Waals surface area (Å²) in [7, 11) is 0. The molecule has 2 aliphatic carbocycles. The van der Waals surface area contributed by atoms with Gasteiger partial charge in [-0.1, -0.05) is 26.2 Å². The molecule has 4 nitrogen and oxygen atoms in total. The molecule has 24 heavy (non-hydrogen) atoms. The molecule has 0 spiro atoms. The van der Waals surface area contributed by atoms with Crippen LogP contribution in [0.1, 0.15) is 101 Å². The zero-order chi connectivity index (χ0) is 17.3. The van der Waals surface area contributed by atoms with Gasteiger partial charge in [0.25, 0.3) is 5.91 Å². The first-order valence-corrected chi connectivity index (χ1v) is 9.81. The van der Waals surface area contributed by atoms with Crippen molar-refractivity contribution < 1.29 is 4.79 Å². The Morgan fingerprint density at radius 2 is 2.04 bits per heavy atom.